The zero-order valence-corrected chi connectivity index (χ0v) is 22.2. The Kier molecular flexibility index (Phi) is 9.77. The molecule has 6 N–H and O–H groups in total. The summed E-state index contributed by atoms with van der Waals surface area (Å²) in [4.78, 5) is 21.8. The molecule has 2 amide bonds. The monoisotopic (exact) mass is 535 g/mol. The van der Waals surface area contributed by atoms with E-state index >= 15 is 0 Å². The van der Waals surface area contributed by atoms with Gasteiger partial charge in [0.1, 0.15) is 0 Å². The lowest BCUT2D eigenvalue weighted by molar-refractivity contribution is -0.117. The maximum absolute atomic E-state index is 12.0. The molecule has 0 saturated carbocycles. The second kappa shape index (κ2) is 13.0. The van der Waals surface area contributed by atoms with E-state index in [-0.39, 0.29) is 18.7 Å². The van der Waals surface area contributed by atoms with Crippen LogP contribution in [0.1, 0.15) is 31.2 Å². The zero-order chi connectivity index (χ0) is 26.9. The number of rotatable bonds is 7. The molecule has 0 heterocycles. The third kappa shape index (κ3) is 6.93. The van der Waals surface area contributed by atoms with Gasteiger partial charge < -0.3 is 17.2 Å². The molecule has 2 aromatic rings. The molecule has 9 heteroatoms. The first-order valence-corrected chi connectivity index (χ1v) is 13.1. The molecule has 0 unspecified atom stereocenters. The van der Waals surface area contributed by atoms with Crippen molar-refractivity contribution in [3.05, 3.63) is 93.7 Å². The molecule has 0 radical (unpaired) electrons. The number of hydrogen-bond donors (Lipinski definition) is 3. The number of fused-ring (bicyclic) bond motifs is 2. The minimum absolute atomic E-state index is 0.160. The van der Waals surface area contributed by atoms with Gasteiger partial charge in [-0.25, -0.2) is 5.01 Å². The summed E-state index contributed by atoms with van der Waals surface area (Å²) in [5.41, 5.74) is 23.3. The number of thioether (sulfide) groups is 1. The summed E-state index contributed by atoms with van der Waals surface area (Å²) in [5, 5.41) is 6.83. The Morgan fingerprint density at radius 2 is 1.89 bits per heavy atom. The van der Waals surface area contributed by atoms with E-state index in [1.807, 2.05) is 47.7 Å². The van der Waals surface area contributed by atoms with Crippen LogP contribution < -0.4 is 22.2 Å². The van der Waals surface area contributed by atoms with Gasteiger partial charge in [-0.2, -0.15) is 5.10 Å². The number of nitrogen functional groups attached to an aromatic ring is 1. The Hall–Kier alpha value is -3.75. The van der Waals surface area contributed by atoms with E-state index in [1.165, 1.54) is 5.57 Å². The summed E-state index contributed by atoms with van der Waals surface area (Å²) in [7, 11) is 0. The van der Waals surface area contributed by atoms with Crippen LogP contribution in [0.5, 0.6) is 0 Å². The first-order valence-electron chi connectivity index (χ1n) is 11.5. The maximum Gasteiger partial charge on any atom is 0.221 e. The van der Waals surface area contributed by atoms with E-state index in [4.69, 9.17) is 27.9 Å². The smallest absolute Gasteiger partial charge is 0.221 e. The van der Waals surface area contributed by atoms with Crippen LogP contribution >= 0.6 is 23.4 Å². The van der Waals surface area contributed by atoms with Crippen LogP contribution in [0.3, 0.4) is 0 Å². The summed E-state index contributed by atoms with van der Waals surface area (Å²) < 4.78 is 0. The Bertz CT molecular complexity index is 1310. The summed E-state index contributed by atoms with van der Waals surface area (Å²) in [6.07, 6.45) is 11.1. The van der Waals surface area contributed by atoms with Crippen molar-refractivity contribution in [3.63, 3.8) is 0 Å². The fourth-order valence-corrected chi connectivity index (χ4v) is 5.02. The number of carbonyl (C=O) groups is 2. The van der Waals surface area contributed by atoms with Gasteiger partial charge in [-0.15, -0.1) is 11.8 Å². The number of hydrogen-bond acceptors (Lipinski definition) is 6. The van der Waals surface area contributed by atoms with Gasteiger partial charge in [0.15, 0.2) is 0 Å². The normalized spacial score (nSPS) is 14.6. The van der Waals surface area contributed by atoms with Crippen molar-refractivity contribution in [2.75, 3.05) is 17.0 Å². The fourth-order valence-electron chi connectivity index (χ4n) is 4.38. The number of amides is 2. The zero-order valence-electron chi connectivity index (χ0n) is 20.6. The third-order valence-electron chi connectivity index (χ3n) is 5.99. The summed E-state index contributed by atoms with van der Waals surface area (Å²) in [6.45, 7) is 3.86. The Morgan fingerprint density at radius 1 is 1.19 bits per heavy atom. The van der Waals surface area contributed by atoms with Gasteiger partial charge in [0.25, 0.3) is 0 Å². The lowest BCUT2D eigenvalue weighted by Crippen LogP contribution is -2.21. The maximum atomic E-state index is 12.0. The summed E-state index contributed by atoms with van der Waals surface area (Å²) in [6, 6.07) is 13.6. The van der Waals surface area contributed by atoms with E-state index in [0.717, 1.165) is 57.8 Å². The fraction of sp³-hybridized carbons (Fsp3) is 0.179. The number of anilines is 2. The number of primary amides is 2. The standard InChI is InChI=1S/C27H27ClN4OS.CH3NO/c1-31-32(22-8-10-23(34-2)11-9-22)27-19(15-26(30)33)6-4-17-3-5-18(14-20(27)13-17)24-16-21(29)7-12-25(24)28;2-1-3/h3,5,7-12,14,16H,1,4,6,13,15,29H2,2H3,(H2,30,33);1H,(H2,2,3). The topological polar surface area (TPSA) is 128 Å². The van der Waals surface area contributed by atoms with Crippen molar-refractivity contribution >= 4 is 59.3 Å². The SMILES string of the molecule is C=NN(C1=C(CC(N)=O)CCC2=CC=C(c3cc(N)ccc3Cl)C=C1C2)c1ccc(SC)cc1.NC=O. The van der Waals surface area contributed by atoms with Crippen molar-refractivity contribution < 1.29 is 9.59 Å². The third-order valence-corrected chi connectivity index (χ3v) is 7.07. The molecule has 37 heavy (non-hydrogen) atoms. The van der Waals surface area contributed by atoms with Crippen LogP contribution in [0.25, 0.3) is 5.57 Å². The molecule has 0 atom stereocenters. The minimum Gasteiger partial charge on any atom is -0.399 e. The van der Waals surface area contributed by atoms with Crippen molar-refractivity contribution in [2.45, 2.75) is 30.6 Å². The molecule has 0 fully saturated rings. The largest absolute Gasteiger partial charge is 0.399 e. The van der Waals surface area contributed by atoms with Gasteiger partial charge in [0.05, 0.1) is 11.4 Å². The highest BCUT2D eigenvalue weighted by molar-refractivity contribution is 7.98. The minimum atomic E-state index is -0.368. The second-order valence-electron chi connectivity index (χ2n) is 8.42. The van der Waals surface area contributed by atoms with E-state index in [9.17, 15) is 4.79 Å². The number of allylic oxidation sites excluding steroid dienone is 6. The van der Waals surface area contributed by atoms with Crippen LogP contribution in [0.2, 0.25) is 5.02 Å². The average molecular weight is 536 g/mol. The Morgan fingerprint density at radius 3 is 2.51 bits per heavy atom. The van der Waals surface area contributed by atoms with Crippen molar-refractivity contribution in [1.82, 2.24) is 0 Å². The molecule has 0 aliphatic heterocycles. The van der Waals surface area contributed by atoms with E-state index in [0.29, 0.717) is 10.7 Å². The lowest BCUT2D eigenvalue weighted by Gasteiger charge is -2.26. The first kappa shape index (κ1) is 27.8. The average Bonchev–Trinajstić information content (AvgIpc) is 3.18. The lowest BCUT2D eigenvalue weighted by atomic mass is 9.97. The number of benzene rings is 2. The molecule has 7 nitrogen and oxygen atoms in total. The van der Waals surface area contributed by atoms with E-state index < -0.39 is 0 Å². The van der Waals surface area contributed by atoms with Gasteiger partial charge in [0, 0.05) is 34.3 Å². The predicted octanol–water partition coefficient (Wildman–Crippen LogP) is 5.43. The predicted molar refractivity (Wildman–Crippen MR) is 155 cm³/mol. The highest BCUT2D eigenvalue weighted by atomic mass is 35.5. The highest BCUT2D eigenvalue weighted by Crippen LogP contribution is 2.41. The summed E-state index contributed by atoms with van der Waals surface area (Å²) >= 11 is 8.22. The number of carbonyl (C=O) groups excluding carboxylic acids is 2. The van der Waals surface area contributed by atoms with Crippen LogP contribution in [0.4, 0.5) is 11.4 Å². The molecule has 4 rings (SSSR count). The molecule has 0 saturated heterocycles. The number of hydrazone groups is 1. The molecule has 2 aliphatic carbocycles. The van der Waals surface area contributed by atoms with Gasteiger partial charge in [0.2, 0.25) is 12.3 Å². The molecular formula is C28H30ClN5O2S. The molecule has 0 spiro atoms. The highest BCUT2D eigenvalue weighted by Gasteiger charge is 2.26. The van der Waals surface area contributed by atoms with Crippen LogP contribution in [-0.4, -0.2) is 25.3 Å². The van der Waals surface area contributed by atoms with Crippen molar-refractivity contribution in [3.8, 4) is 0 Å². The van der Waals surface area contributed by atoms with Gasteiger partial charge in [-0.1, -0.05) is 29.3 Å². The quantitative estimate of drug-likeness (QED) is 0.143. The van der Waals surface area contributed by atoms with Crippen LogP contribution in [-0.2, 0) is 9.59 Å². The molecule has 2 aliphatic rings. The van der Waals surface area contributed by atoms with Gasteiger partial charge in [-0.05, 0) is 90.8 Å². The molecule has 0 aromatic heterocycles. The van der Waals surface area contributed by atoms with Crippen molar-refractivity contribution in [2.24, 2.45) is 16.6 Å². The van der Waals surface area contributed by atoms with Gasteiger partial charge >= 0.3 is 0 Å². The second-order valence-corrected chi connectivity index (χ2v) is 9.70. The number of halogens is 1. The molecular weight excluding hydrogens is 506 g/mol. The van der Waals surface area contributed by atoms with Gasteiger partial charge in [-0.3, -0.25) is 9.59 Å². The number of nitrogens with zero attached hydrogens (tertiary/aromatic N) is 2. The Balaban J connectivity index is 0.00000121. The first-order chi connectivity index (χ1) is 17.8. The molecule has 2 aromatic carbocycles. The number of nitrogens with two attached hydrogens (primary N) is 3. The molecule has 2 bridgehead atoms. The molecule has 192 valence electrons. The van der Waals surface area contributed by atoms with E-state index in [1.54, 1.807) is 17.8 Å². The van der Waals surface area contributed by atoms with Crippen LogP contribution in [0.15, 0.2) is 93.1 Å². The van der Waals surface area contributed by atoms with Crippen LogP contribution in [0, 0.1) is 0 Å². The van der Waals surface area contributed by atoms with Crippen molar-refractivity contribution in [1.29, 1.82) is 0 Å². The summed E-state index contributed by atoms with van der Waals surface area (Å²) in [5.74, 6) is -0.368. The Labute approximate surface area is 226 Å². The van der Waals surface area contributed by atoms with E-state index in [2.05, 4.69) is 35.8 Å².